The molecule has 0 saturated carbocycles. The number of halogens is 3. The van der Waals surface area contributed by atoms with Gasteiger partial charge in [-0.1, -0.05) is 43.1 Å². The number of ether oxygens (including phenoxy) is 1. The molecular weight excluding hydrogens is 423 g/mol. The Morgan fingerprint density at radius 2 is 1.88 bits per heavy atom. The molecule has 0 unspecified atom stereocenters. The first kappa shape index (κ1) is 18.6. The van der Waals surface area contributed by atoms with Crippen LogP contribution in [0.25, 0.3) is 11.0 Å². The maximum Gasteiger partial charge on any atom is 0.302 e. The topological polar surface area (TPSA) is 27.1 Å². The molecule has 0 aliphatic rings. The fourth-order valence-electron chi connectivity index (χ4n) is 3.10. The third-order valence-corrected chi connectivity index (χ3v) is 5.64. The van der Waals surface area contributed by atoms with Crippen LogP contribution in [0.4, 0.5) is 0 Å². The van der Waals surface area contributed by atoms with Crippen molar-refractivity contribution in [2.24, 2.45) is 7.05 Å². The molecule has 3 aromatic rings. The van der Waals surface area contributed by atoms with Crippen molar-refractivity contribution in [3.05, 3.63) is 50.4 Å². The van der Waals surface area contributed by atoms with Crippen molar-refractivity contribution < 1.29 is 4.74 Å². The Balaban J connectivity index is 2.13. The first-order valence-corrected chi connectivity index (χ1v) is 9.78. The number of aryl methyl sites for hydroxylation is 1. The first-order chi connectivity index (χ1) is 12.0. The van der Waals surface area contributed by atoms with Gasteiger partial charge in [0.15, 0.2) is 0 Å². The van der Waals surface area contributed by atoms with E-state index in [-0.39, 0.29) is 0 Å². The predicted octanol–water partition coefficient (Wildman–Crippen LogP) is 7.34. The average Bonchev–Trinajstić information content (AvgIpc) is 2.91. The van der Waals surface area contributed by atoms with Crippen molar-refractivity contribution in [1.29, 1.82) is 0 Å². The van der Waals surface area contributed by atoms with Gasteiger partial charge in [0.1, 0.15) is 11.3 Å². The third-order valence-electron chi connectivity index (χ3n) is 4.48. The molecular formula is C19H19BrCl2N2O. The smallest absolute Gasteiger partial charge is 0.302 e. The highest BCUT2D eigenvalue weighted by Gasteiger charge is 2.20. The zero-order valence-corrected chi connectivity index (χ0v) is 17.4. The van der Waals surface area contributed by atoms with E-state index in [2.05, 4.69) is 40.8 Å². The van der Waals surface area contributed by atoms with Crippen molar-refractivity contribution in [3.8, 4) is 11.8 Å². The molecule has 0 spiro atoms. The van der Waals surface area contributed by atoms with Gasteiger partial charge in [0, 0.05) is 12.1 Å². The van der Waals surface area contributed by atoms with E-state index in [9.17, 15) is 0 Å². The van der Waals surface area contributed by atoms with E-state index >= 15 is 0 Å². The van der Waals surface area contributed by atoms with Crippen LogP contribution in [-0.4, -0.2) is 9.55 Å². The number of aromatic nitrogens is 2. The lowest BCUT2D eigenvalue weighted by molar-refractivity contribution is 0.425. The number of hydrogen-bond acceptors (Lipinski definition) is 2. The summed E-state index contributed by atoms with van der Waals surface area (Å²) in [5.74, 6) is 1.12. The standard InChI is InChI=1S/C19H19BrCl2N2O/c1-4-11(5-2)13-7-8-15(22)17-18(13)24(3)19(23-17)25-16-9-6-12(21)10-14(16)20/h6-11H,4-5H2,1-3H3. The maximum atomic E-state index is 6.40. The summed E-state index contributed by atoms with van der Waals surface area (Å²) in [6, 6.07) is 9.92. The molecule has 0 bridgehead atoms. The predicted molar refractivity (Wildman–Crippen MR) is 108 cm³/mol. The van der Waals surface area contributed by atoms with E-state index in [1.54, 1.807) is 12.1 Å². The minimum absolute atomic E-state index is 0.463. The second-order valence-corrected chi connectivity index (χ2v) is 7.68. The molecule has 0 N–H and O–H groups in total. The van der Waals surface area contributed by atoms with Gasteiger partial charge in [0.05, 0.1) is 15.0 Å². The van der Waals surface area contributed by atoms with E-state index in [0.717, 1.165) is 28.3 Å². The lowest BCUT2D eigenvalue weighted by atomic mass is 9.93. The van der Waals surface area contributed by atoms with Crippen LogP contribution < -0.4 is 4.74 Å². The minimum atomic E-state index is 0.463. The molecule has 6 heteroatoms. The number of hydrogen-bond donors (Lipinski definition) is 0. The van der Waals surface area contributed by atoms with Gasteiger partial charge in [0.25, 0.3) is 0 Å². The van der Waals surface area contributed by atoms with Gasteiger partial charge in [-0.15, -0.1) is 0 Å². The molecule has 1 aromatic heterocycles. The summed E-state index contributed by atoms with van der Waals surface area (Å²) in [6.45, 7) is 4.40. The van der Waals surface area contributed by atoms with Crippen LogP contribution >= 0.6 is 39.1 Å². The molecule has 25 heavy (non-hydrogen) atoms. The highest BCUT2D eigenvalue weighted by molar-refractivity contribution is 9.10. The van der Waals surface area contributed by atoms with E-state index < -0.39 is 0 Å². The molecule has 0 amide bonds. The summed E-state index contributed by atoms with van der Waals surface area (Å²) in [6.07, 6.45) is 2.13. The zero-order chi connectivity index (χ0) is 18.1. The number of rotatable bonds is 5. The largest absolute Gasteiger partial charge is 0.424 e. The molecule has 3 nitrogen and oxygen atoms in total. The third kappa shape index (κ3) is 3.53. The van der Waals surface area contributed by atoms with Gasteiger partial charge < -0.3 is 4.74 Å². The molecule has 0 aliphatic carbocycles. The van der Waals surface area contributed by atoms with E-state index in [1.165, 1.54) is 5.56 Å². The van der Waals surface area contributed by atoms with Crippen LogP contribution in [0.15, 0.2) is 34.8 Å². The summed E-state index contributed by atoms with van der Waals surface area (Å²) in [5.41, 5.74) is 3.05. The van der Waals surface area contributed by atoms with Gasteiger partial charge in [0.2, 0.25) is 0 Å². The average molecular weight is 442 g/mol. The molecule has 0 aliphatic heterocycles. The Hall–Kier alpha value is -1.23. The summed E-state index contributed by atoms with van der Waals surface area (Å²) in [7, 11) is 1.96. The molecule has 0 radical (unpaired) electrons. The number of benzene rings is 2. The molecule has 2 aromatic carbocycles. The number of imidazole rings is 1. The van der Waals surface area contributed by atoms with Crippen LogP contribution in [0.5, 0.6) is 11.8 Å². The minimum Gasteiger partial charge on any atom is -0.424 e. The van der Waals surface area contributed by atoms with Crippen LogP contribution in [-0.2, 0) is 7.05 Å². The van der Waals surface area contributed by atoms with Crippen LogP contribution in [0.2, 0.25) is 10.0 Å². The van der Waals surface area contributed by atoms with Crippen LogP contribution in [0.1, 0.15) is 38.2 Å². The van der Waals surface area contributed by atoms with E-state index in [1.807, 2.05) is 23.7 Å². The maximum absolute atomic E-state index is 6.40. The normalized spacial score (nSPS) is 11.5. The molecule has 0 atom stereocenters. The van der Waals surface area contributed by atoms with Crippen molar-refractivity contribution in [3.63, 3.8) is 0 Å². The van der Waals surface area contributed by atoms with Crippen molar-refractivity contribution in [2.45, 2.75) is 32.6 Å². The van der Waals surface area contributed by atoms with E-state index in [4.69, 9.17) is 27.9 Å². The van der Waals surface area contributed by atoms with Crippen molar-refractivity contribution >= 4 is 50.2 Å². The molecule has 0 fully saturated rings. The van der Waals surface area contributed by atoms with Crippen molar-refractivity contribution in [1.82, 2.24) is 9.55 Å². The first-order valence-electron chi connectivity index (χ1n) is 8.23. The molecule has 1 heterocycles. The second kappa shape index (κ2) is 7.56. The summed E-state index contributed by atoms with van der Waals surface area (Å²) in [5, 5.41) is 1.27. The Morgan fingerprint density at radius 1 is 1.16 bits per heavy atom. The molecule has 132 valence electrons. The summed E-state index contributed by atoms with van der Waals surface area (Å²) in [4.78, 5) is 4.64. The van der Waals surface area contributed by atoms with Gasteiger partial charge in [-0.3, -0.25) is 4.57 Å². The van der Waals surface area contributed by atoms with Gasteiger partial charge in [-0.2, -0.15) is 4.98 Å². The lowest BCUT2D eigenvalue weighted by Crippen LogP contribution is -2.01. The van der Waals surface area contributed by atoms with Crippen LogP contribution in [0.3, 0.4) is 0 Å². The van der Waals surface area contributed by atoms with Gasteiger partial charge in [-0.05, 0) is 64.5 Å². The highest BCUT2D eigenvalue weighted by Crippen LogP contribution is 2.38. The summed E-state index contributed by atoms with van der Waals surface area (Å²) < 4.78 is 8.77. The SMILES string of the molecule is CCC(CC)c1ccc(Cl)c2nc(Oc3ccc(Cl)cc3Br)n(C)c12. The molecule has 3 rings (SSSR count). The van der Waals surface area contributed by atoms with Gasteiger partial charge in [-0.25, -0.2) is 0 Å². The Labute approximate surface area is 166 Å². The summed E-state index contributed by atoms with van der Waals surface area (Å²) >= 11 is 15.9. The lowest BCUT2D eigenvalue weighted by Gasteiger charge is -2.15. The highest BCUT2D eigenvalue weighted by atomic mass is 79.9. The number of fused-ring (bicyclic) bond motifs is 1. The number of nitrogens with zero attached hydrogens (tertiary/aromatic N) is 2. The molecule has 0 saturated heterocycles. The van der Waals surface area contributed by atoms with Crippen LogP contribution in [0, 0.1) is 0 Å². The Bertz CT molecular complexity index is 919. The Morgan fingerprint density at radius 3 is 2.52 bits per heavy atom. The second-order valence-electron chi connectivity index (χ2n) is 5.98. The fourth-order valence-corrected chi connectivity index (χ4v) is 4.06. The Kier molecular flexibility index (Phi) is 5.62. The van der Waals surface area contributed by atoms with E-state index in [0.29, 0.717) is 27.7 Å². The zero-order valence-electron chi connectivity index (χ0n) is 14.3. The quantitative estimate of drug-likeness (QED) is 0.414. The monoisotopic (exact) mass is 440 g/mol. The van der Waals surface area contributed by atoms with Gasteiger partial charge >= 0.3 is 6.01 Å². The van der Waals surface area contributed by atoms with Crippen molar-refractivity contribution in [2.75, 3.05) is 0 Å². The fraction of sp³-hybridized carbons (Fsp3) is 0.316.